The Morgan fingerprint density at radius 1 is 0.958 bits per heavy atom. The summed E-state index contributed by atoms with van der Waals surface area (Å²) in [5, 5.41) is 2.75. The van der Waals surface area contributed by atoms with Crippen LogP contribution in [0.2, 0.25) is 0 Å². The summed E-state index contributed by atoms with van der Waals surface area (Å²) >= 11 is 0. The van der Waals surface area contributed by atoms with Gasteiger partial charge in [0, 0.05) is 11.4 Å². The van der Waals surface area contributed by atoms with Gasteiger partial charge < -0.3 is 10.5 Å². The fraction of sp³-hybridized carbons (Fsp3) is 0.350. The van der Waals surface area contributed by atoms with Crippen molar-refractivity contribution in [3.8, 4) is 0 Å². The first-order valence-corrected chi connectivity index (χ1v) is 8.54. The summed E-state index contributed by atoms with van der Waals surface area (Å²) in [5.41, 5.74) is 9.59. The molecular weight excluding hydrogens is 300 g/mol. The zero-order valence-corrected chi connectivity index (χ0v) is 14.3. The molecule has 0 saturated carbocycles. The van der Waals surface area contributed by atoms with Crippen molar-refractivity contribution >= 4 is 17.5 Å². The van der Waals surface area contributed by atoms with Gasteiger partial charge in [0.1, 0.15) is 0 Å². The van der Waals surface area contributed by atoms with Crippen LogP contribution < -0.4 is 11.1 Å². The van der Waals surface area contributed by atoms with Crippen LogP contribution in [0.15, 0.2) is 48.5 Å². The lowest BCUT2D eigenvalue weighted by Crippen LogP contribution is -2.14. The predicted molar refractivity (Wildman–Crippen MR) is 99.2 cm³/mol. The molecule has 0 unspecified atom stereocenters. The van der Waals surface area contributed by atoms with E-state index in [1.54, 1.807) is 0 Å². The highest BCUT2D eigenvalue weighted by Crippen LogP contribution is 2.15. The summed E-state index contributed by atoms with van der Waals surface area (Å²) in [6.45, 7) is 2.63. The fourth-order valence-electron chi connectivity index (χ4n) is 2.42. The lowest BCUT2D eigenvalue weighted by atomic mass is 10.0. The van der Waals surface area contributed by atoms with Crippen LogP contribution in [0, 0.1) is 0 Å². The molecule has 128 valence electrons. The number of nitrogens with two attached hydrogens (primary N) is 1. The molecule has 3 N–H and O–H groups in total. The van der Waals surface area contributed by atoms with Gasteiger partial charge in [0.15, 0.2) is 0 Å². The first-order valence-electron chi connectivity index (χ1n) is 8.54. The monoisotopic (exact) mass is 326 g/mol. The molecule has 0 aliphatic rings. The fourth-order valence-corrected chi connectivity index (χ4v) is 2.42. The number of unbranched alkanes of at least 4 members (excludes halogenated alkanes) is 3. The maximum absolute atomic E-state index is 11.7. The van der Waals surface area contributed by atoms with Crippen molar-refractivity contribution in [1.82, 2.24) is 0 Å². The smallest absolute Gasteiger partial charge is 0.411 e. The molecular formula is C20H26N2O2. The minimum absolute atomic E-state index is 0.391. The van der Waals surface area contributed by atoms with E-state index in [2.05, 4.69) is 12.2 Å². The Bertz CT molecular complexity index is 621. The van der Waals surface area contributed by atoms with Crippen molar-refractivity contribution in [2.75, 3.05) is 17.7 Å². The second-order valence-electron chi connectivity index (χ2n) is 5.94. The molecule has 0 aromatic heterocycles. The third-order valence-corrected chi connectivity index (χ3v) is 3.82. The van der Waals surface area contributed by atoms with E-state index in [0.29, 0.717) is 6.61 Å². The van der Waals surface area contributed by atoms with E-state index in [1.807, 2.05) is 48.5 Å². The van der Waals surface area contributed by atoms with Crippen LogP contribution in [0.3, 0.4) is 0 Å². The number of ether oxygens (including phenoxy) is 1. The molecule has 0 spiro atoms. The van der Waals surface area contributed by atoms with Crippen LogP contribution in [0.1, 0.15) is 43.7 Å². The minimum Gasteiger partial charge on any atom is -0.449 e. The van der Waals surface area contributed by atoms with Crippen LogP contribution in [-0.2, 0) is 11.2 Å². The van der Waals surface area contributed by atoms with Gasteiger partial charge in [-0.05, 0) is 48.2 Å². The van der Waals surface area contributed by atoms with Crippen molar-refractivity contribution in [1.29, 1.82) is 0 Å². The van der Waals surface area contributed by atoms with E-state index in [4.69, 9.17) is 10.5 Å². The van der Waals surface area contributed by atoms with Crippen LogP contribution in [0.5, 0.6) is 0 Å². The molecule has 0 heterocycles. The first-order chi connectivity index (χ1) is 11.7. The number of rotatable bonds is 8. The number of anilines is 2. The molecule has 0 fully saturated rings. The molecule has 0 aliphatic carbocycles. The topological polar surface area (TPSA) is 64.3 Å². The zero-order chi connectivity index (χ0) is 17.2. The van der Waals surface area contributed by atoms with E-state index >= 15 is 0 Å². The Hall–Kier alpha value is -2.49. The third kappa shape index (κ3) is 6.32. The van der Waals surface area contributed by atoms with E-state index in [1.165, 1.54) is 24.0 Å². The van der Waals surface area contributed by atoms with Gasteiger partial charge in [0.25, 0.3) is 0 Å². The summed E-state index contributed by atoms with van der Waals surface area (Å²) in [6, 6.07) is 15.7. The molecule has 2 aromatic carbocycles. The number of carbonyl (C=O) groups is 1. The zero-order valence-electron chi connectivity index (χ0n) is 14.3. The van der Waals surface area contributed by atoms with Gasteiger partial charge in [0.2, 0.25) is 0 Å². The molecule has 2 aromatic rings. The lowest BCUT2D eigenvalue weighted by Gasteiger charge is -2.08. The maximum atomic E-state index is 11.7. The number of benzene rings is 2. The van der Waals surface area contributed by atoms with Gasteiger partial charge in [0.05, 0.1) is 6.61 Å². The van der Waals surface area contributed by atoms with Crippen molar-refractivity contribution in [2.24, 2.45) is 0 Å². The van der Waals surface area contributed by atoms with E-state index < -0.39 is 6.09 Å². The number of nitrogens with one attached hydrogen (secondary N) is 1. The molecule has 2 rings (SSSR count). The maximum Gasteiger partial charge on any atom is 0.411 e. The van der Waals surface area contributed by atoms with Crippen molar-refractivity contribution in [3.63, 3.8) is 0 Å². The van der Waals surface area contributed by atoms with E-state index in [9.17, 15) is 4.79 Å². The quantitative estimate of drug-likeness (QED) is 0.530. The highest BCUT2D eigenvalue weighted by molar-refractivity contribution is 5.84. The second-order valence-corrected chi connectivity index (χ2v) is 5.94. The normalized spacial score (nSPS) is 10.4. The molecule has 0 bridgehead atoms. The molecule has 0 saturated heterocycles. The Morgan fingerprint density at radius 3 is 2.21 bits per heavy atom. The third-order valence-electron chi connectivity index (χ3n) is 3.82. The van der Waals surface area contributed by atoms with Crippen molar-refractivity contribution in [2.45, 2.75) is 39.0 Å². The summed E-state index contributed by atoms with van der Waals surface area (Å²) in [6.07, 6.45) is 4.82. The van der Waals surface area contributed by atoms with Gasteiger partial charge in [-0.3, -0.25) is 5.32 Å². The van der Waals surface area contributed by atoms with Crippen molar-refractivity contribution < 1.29 is 9.53 Å². The molecule has 4 heteroatoms. The highest BCUT2D eigenvalue weighted by Gasteiger charge is 2.03. The largest absolute Gasteiger partial charge is 0.449 e. The summed E-state index contributed by atoms with van der Waals surface area (Å²) < 4.78 is 5.17. The van der Waals surface area contributed by atoms with Crippen LogP contribution in [0.4, 0.5) is 16.2 Å². The molecule has 24 heavy (non-hydrogen) atoms. The first kappa shape index (κ1) is 17.9. The van der Waals surface area contributed by atoms with E-state index in [0.717, 1.165) is 30.6 Å². The lowest BCUT2D eigenvalue weighted by molar-refractivity contribution is 0.159. The van der Waals surface area contributed by atoms with Crippen molar-refractivity contribution in [3.05, 3.63) is 59.7 Å². The molecule has 1 amide bonds. The van der Waals surface area contributed by atoms with Gasteiger partial charge in [-0.1, -0.05) is 50.5 Å². The van der Waals surface area contributed by atoms with Gasteiger partial charge >= 0.3 is 6.09 Å². The minimum atomic E-state index is -0.391. The summed E-state index contributed by atoms with van der Waals surface area (Å²) in [7, 11) is 0. The molecule has 0 radical (unpaired) electrons. The molecule has 4 nitrogen and oxygen atoms in total. The number of hydrogen-bond donors (Lipinski definition) is 2. The van der Waals surface area contributed by atoms with Gasteiger partial charge in [-0.2, -0.15) is 0 Å². The number of hydrogen-bond acceptors (Lipinski definition) is 3. The summed E-state index contributed by atoms with van der Waals surface area (Å²) in [5.74, 6) is 0. The van der Waals surface area contributed by atoms with Crippen LogP contribution in [0.25, 0.3) is 0 Å². The number of carbonyl (C=O) groups excluding carboxylic acids is 1. The standard InChI is InChI=1S/C20H26N2O2/c1-2-3-4-5-14-24-20(23)22-19-12-8-17(9-13-19)15-16-6-10-18(21)11-7-16/h6-13H,2-5,14-15,21H2,1H3,(H,22,23). The highest BCUT2D eigenvalue weighted by atomic mass is 16.5. The Morgan fingerprint density at radius 2 is 1.58 bits per heavy atom. The Kier molecular flexibility index (Phi) is 7.15. The molecule has 0 aliphatic heterocycles. The number of nitrogen functional groups attached to an aromatic ring is 1. The summed E-state index contributed by atoms with van der Waals surface area (Å²) in [4.78, 5) is 11.7. The SMILES string of the molecule is CCCCCCOC(=O)Nc1ccc(Cc2ccc(N)cc2)cc1. The molecule has 0 atom stereocenters. The Labute approximate surface area is 144 Å². The second kappa shape index (κ2) is 9.60. The van der Waals surface area contributed by atoms with Gasteiger partial charge in [-0.25, -0.2) is 4.79 Å². The number of amides is 1. The Balaban J connectivity index is 1.77. The van der Waals surface area contributed by atoms with Crippen LogP contribution >= 0.6 is 0 Å². The van der Waals surface area contributed by atoms with E-state index in [-0.39, 0.29) is 0 Å². The van der Waals surface area contributed by atoms with Crippen LogP contribution in [-0.4, -0.2) is 12.7 Å². The average Bonchev–Trinajstić information content (AvgIpc) is 2.58. The average molecular weight is 326 g/mol. The predicted octanol–water partition coefficient (Wildman–Crippen LogP) is 4.99. The van der Waals surface area contributed by atoms with Gasteiger partial charge in [-0.15, -0.1) is 0 Å².